The molecule has 1 amide bonds. The van der Waals surface area contributed by atoms with E-state index in [1.54, 1.807) is 24.3 Å². The van der Waals surface area contributed by atoms with Gasteiger partial charge in [0.1, 0.15) is 23.1 Å². The number of carbonyl (C=O) groups is 1. The quantitative estimate of drug-likeness (QED) is 0.338. The van der Waals surface area contributed by atoms with E-state index in [0.29, 0.717) is 34.9 Å². The lowest BCUT2D eigenvalue weighted by Gasteiger charge is -2.22. The van der Waals surface area contributed by atoms with Gasteiger partial charge in [-0.2, -0.15) is 17.5 Å². The van der Waals surface area contributed by atoms with Gasteiger partial charge in [0.2, 0.25) is 11.0 Å². The molecule has 1 saturated heterocycles. The van der Waals surface area contributed by atoms with Gasteiger partial charge < -0.3 is 9.73 Å². The van der Waals surface area contributed by atoms with Crippen LogP contribution >= 0.6 is 0 Å². The number of nitrogens with zero attached hydrogens (tertiary/aromatic N) is 2. The first-order chi connectivity index (χ1) is 18.0. The third-order valence-corrected chi connectivity index (χ3v) is 8.07. The number of furan rings is 1. The Balaban J connectivity index is 1.28. The van der Waals surface area contributed by atoms with E-state index in [1.165, 1.54) is 24.3 Å². The molecule has 0 spiro atoms. The van der Waals surface area contributed by atoms with Crippen molar-refractivity contribution in [3.63, 3.8) is 0 Å². The zero-order valence-corrected chi connectivity index (χ0v) is 20.5. The summed E-state index contributed by atoms with van der Waals surface area (Å²) < 4.78 is 84.9. The molecule has 1 N–H and O–H groups in total. The number of rotatable bonds is 6. The van der Waals surface area contributed by atoms with Crippen LogP contribution in [0.5, 0.6) is 0 Å². The summed E-state index contributed by atoms with van der Waals surface area (Å²) in [6.07, 6.45) is -2.61. The van der Waals surface area contributed by atoms with Gasteiger partial charge in [-0.3, -0.25) is 9.78 Å². The molecule has 0 unspecified atom stereocenters. The Kier molecular flexibility index (Phi) is 6.70. The normalized spacial score (nSPS) is 16.7. The highest BCUT2D eigenvalue weighted by Gasteiger charge is 2.41. The molecule has 2 aromatic carbocycles. The summed E-state index contributed by atoms with van der Waals surface area (Å²) in [5.41, 5.74) is 0.987. The van der Waals surface area contributed by atoms with Crippen LogP contribution in [0, 0.1) is 5.82 Å². The molecule has 0 saturated carbocycles. The first-order valence-corrected chi connectivity index (χ1v) is 13.1. The second-order valence-electron chi connectivity index (χ2n) is 8.87. The number of hydrogen-bond acceptors (Lipinski definition) is 5. The molecule has 0 bridgehead atoms. The van der Waals surface area contributed by atoms with E-state index >= 15 is 0 Å². The standard InChI is InChI=1S/C26H21F4N3O4S/c27-20-7-8-22-19(12-20)13-24(37-22)38(35,36)33-10-2-5-21(33)25(34)32-14-16-3-1-4-17(11-16)18-6-9-23(31-15-18)26(28,29)30/h1,3-4,6-9,11-13,15,21H,2,5,10,14H2,(H,32,34)/t21-/m0/s1. The van der Waals surface area contributed by atoms with Crippen molar-refractivity contribution in [2.75, 3.05) is 6.54 Å². The van der Waals surface area contributed by atoms with Crippen molar-refractivity contribution in [3.05, 3.63) is 83.9 Å². The third kappa shape index (κ3) is 5.14. The molecule has 1 fully saturated rings. The summed E-state index contributed by atoms with van der Waals surface area (Å²) in [6.45, 7) is 0.206. The molecule has 3 heterocycles. The van der Waals surface area contributed by atoms with Crippen molar-refractivity contribution in [1.82, 2.24) is 14.6 Å². The number of alkyl halides is 3. The summed E-state index contributed by atoms with van der Waals surface area (Å²) in [6, 6.07) is 13.0. The van der Waals surface area contributed by atoms with E-state index in [2.05, 4.69) is 10.3 Å². The number of amides is 1. The molecule has 0 aliphatic carbocycles. The van der Waals surface area contributed by atoms with E-state index < -0.39 is 39.7 Å². The molecule has 38 heavy (non-hydrogen) atoms. The topological polar surface area (TPSA) is 92.5 Å². The summed E-state index contributed by atoms with van der Waals surface area (Å²) in [5.74, 6) is -1.02. The summed E-state index contributed by atoms with van der Waals surface area (Å²) >= 11 is 0. The van der Waals surface area contributed by atoms with Gasteiger partial charge in [0.25, 0.3) is 10.0 Å². The number of sulfonamides is 1. The molecule has 4 aromatic rings. The van der Waals surface area contributed by atoms with Crippen LogP contribution in [0.15, 0.2) is 76.4 Å². The molecule has 1 atom stereocenters. The zero-order valence-electron chi connectivity index (χ0n) is 19.7. The maximum atomic E-state index is 13.5. The average Bonchev–Trinajstić information content (AvgIpc) is 3.55. The second-order valence-corrected chi connectivity index (χ2v) is 10.7. The summed E-state index contributed by atoms with van der Waals surface area (Å²) in [7, 11) is -4.15. The van der Waals surface area contributed by atoms with E-state index in [0.717, 1.165) is 22.6 Å². The van der Waals surface area contributed by atoms with Crippen LogP contribution in [0.3, 0.4) is 0 Å². The highest BCUT2D eigenvalue weighted by molar-refractivity contribution is 7.89. The smallest absolute Gasteiger partial charge is 0.433 e. The zero-order chi connectivity index (χ0) is 27.1. The Morgan fingerprint density at radius 1 is 1.08 bits per heavy atom. The van der Waals surface area contributed by atoms with Gasteiger partial charge in [0.15, 0.2) is 0 Å². The van der Waals surface area contributed by atoms with Crippen LogP contribution in [0.25, 0.3) is 22.1 Å². The van der Waals surface area contributed by atoms with Gasteiger partial charge in [0.05, 0.1) is 0 Å². The van der Waals surface area contributed by atoms with E-state index in [-0.39, 0.29) is 23.8 Å². The Morgan fingerprint density at radius 3 is 2.63 bits per heavy atom. The summed E-state index contributed by atoms with van der Waals surface area (Å²) in [5, 5.41) is 2.68. The predicted molar refractivity (Wildman–Crippen MR) is 130 cm³/mol. The van der Waals surface area contributed by atoms with E-state index in [4.69, 9.17) is 4.42 Å². The number of fused-ring (bicyclic) bond motifs is 1. The molecule has 5 rings (SSSR count). The van der Waals surface area contributed by atoms with Crippen LogP contribution in [0.2, 0.25) is 0 Å². The highest BCUT2D eigenvalue weighted by Crippen LogP contribution is 2.31. The predicted octanol–water partition coefficient (Wildman–Crippen LogP) is 5.12. The van der Waals surface area contributed by atoms with Crippen LogP contribution < -0.4 is 5.32 Å². The Hall–Kier alpha value is -3.77. The number of hydrogen-bond donors (Lipinski definition) is 1. The number of halogens is 4. The highest BCUT2D eigenvalue weighted by atomic mass is 32.2. The SMILES string of the molecule is O=C(NCc1cccc(-c2ccc(C(F)(F)F)nc2)c1)[C@@H]1CCCN1S(=O)(=O)c1cc2cc(F)ccc2o1. The molecule has 1 aliphatic rings. The lowest BCUT2D eigenvalue weighted by atomic mass is 10.0. The molecule has 12 heteroatoms. The monoisotopic (exact) mass is 547 g/mol. The molecule has 1 aliphatic heterocycles. The van der Waals surface area contributed by atoms with Gasteiger partial charge >= 0.3 is 6.18 Å². The van der Waals surface area contributed by atoms with Crippen molar-refractivity contribution in [3.8, 4) is 11.1 Å². The fraction of sp³-hybridized carbons (Fsp3) is 0.231. The average molecular weight is 548 g/mol. The minimum Gasteiger partial charge on any atom is -0.443 e. The third-order valence-electron chi connectivity index (χ3n) is 6.31. The van der Waals surface area contributed by atoms with Crippen LogP contribution in [-0.4, -0.2) is 36.2 Å². The maximum Gasteiger partial charge on any atom is 0.433 e. The van der Waals surface area contributed by atoms with E-state index in [9.17, 15) is 30.8 Å². The Morgan fingerprint density at radius 2 is 1.89 bits per heavy atom. The van der Waals surface area contributed by atoms with Gasteiger partial charge in [-0.15, -0.1) is 0 Å². The molecular weight excluding hydrogens is 526 g/mol. The van der Waals surface area contributed by atoms with Gasteiger partial charge in [-0.25, -0.2) is 12.8 Å². The van der Waals surface area contributed by atoms with Crippen molar-refractivity contribution in [2.45, 2.75) is 36.7 Å². The largest absolute Gasteiger partial charge is 0.443 e. The Bertz CT molecular complexity index is 1600. The maximum absolute atomic E-state index is 13.5. The number of aromatic nitrogens is 1. The molecule has 198 valence electrons. The lowest BCUT2D eigenvalue weighted by Crippen LogP contribution is -2.45. The lowest BCUT2D eigenvalue weighted by molar-refractivity contribution is -0.141. The summed E-state index contributed by atoms with van der Waals surface area (Å²) in [4.78, 5) is 16.5. The van der Waals surface area contributed by atoms with Gasteiger partial charge in [-0.05, 0) is 54.3 Å². The van der Waals surface area contributed by atoms with E-state index in [1.807, 2.05) is 0 Å². The van der Waals surface area contributed by atoms with Gasteiger partial charge in [-0.1, -0.05) is 24.3 Å². The van der Waals surface area contributed by atoms with Crippen LogP contribution in [-0.2, 0) is 27.5 Å². The van der Waals surface area contributed by atoms with Crippen LogP contribution in [0.1, 0.15) is 24.1 Å². The fourth-order valence-electron chi connectivity index (χ4n) is 4.42. The Labute approximate surface area is 215 Å². The second kappa shape index (κ2) is 9.84. The van der Waals surface area contributed by atoms with Crippen molar-refractivity contribution in [2.24, 2.45) is 0 Å². The van der Waals surface area contributed by atoms with Crippen LogP contribution in [0.4, 0.5) is 17.6 Å². The number of benzene rings is 2. The molecule has 2 aromatic heterocycles. The molecule has 0 radical (unpaired) electrons. The minimum atomic E-state index is -4.53. The van der Waals surface area contributed by atoms with Crippen molar-refractivity contribution in [1.29, 1.82) is 0 Å². The van der Waals surface area contributed by atoms with Crippen molar-refractivity contribution >= 4 is 26.9 Å². The number of nitrogens with one attached hydrogen (secondary N) is 1. The molecular formula is C26H21F4N3O4S. The fourth-order valence-corrected chi connectivity index (χ4v) is 6.03. The number of carbonyl (C=O) groups excluding carboxylic acids is 1. The molecule has 7 nitrogen and oxygen atoms in total. The number of pyridine rings is 1. The first kappa shape index (κ1) is 25.9. The van der Waals surface area contributed by atoms with Crippen molar-refractivity contribution < 1.29 is 35.2 Å². The first-order valence-electron chi connectivity index (χ1n) is 11.6. The van der Waals surface area contributed by atoms with Gasteiger partial charge in [0, 0.05) is 36.3 Å². The minimum absolute atomic E-state index is 0.0784.